The van der Waals surface area contributed by atoms with Crippen molar-refractivity contribution in [1.82, 2.24) is 0 Å². The second-order valence-electron chi connectivity index (χ2n) is 9.25. The van der Waals surface area contributed by atoms with Gasteiger partial charge in [-0.1, -0.05) is 81.3 Å². The second-order valence-corrected chi connectivity index (χ2v) is 12.0. The van der Waals surface area contributed by atoms with Gasteiger partial charge in [-0.2, -0.15) is 0 Å². The predicted molar refractivity (Wildman–Crippen MR) is 145 cm³/mol. The normalized spacial score (nSPS) is 17.3. The van der Waals surface area contributed by atoms with Gasteiger partial charge in [-0.3, -0.25) is 0 Å². The van der Waals surface area contributed by atoms with E-state index in [0.29, 0.717) is 0 Å². The maximum Gasteiger partial charge on any atom is 0.168 e. The van der Waals surface area contributed by atoms with Gasteiger partial charge in [0.05, 0.1) is 0 Å². The van der Waals surface area contributed by atoms with E-state index in [9.17, 15) is 0 Å². The quantitative estimate of drug-likeness (QED) is 0.305. The van der Waals surface area contributed by atoms with Crippen LogP contribution in [-0.2, 0) is 4.57 Å². The summed E-state index contributed by atoms with van der Waals surface area (Å²) in [5.74, 6) is 0. The van der Waals surface area contributed by atoms with Gasteiger partial charge in [0.2, 0.25) is 0 Å². The van der Waals surface area contributed by atoms with Crippen LogP contribution in [0.4, 0.5) is 5.69 Å². The highest BCUT2D eigenvalue weighted by atomic mass is 31.2. The molecule has 3 heteroatoms. The van der Waals surface area contributed by atoms with Gasteiger partial charge < -0.3 is 9.46 Å². The number of hydrogen-bond donors (Lipinski definition) is 0. The molecule has 0 amide bonds. The zero-order valence-corrected chi connectivity index (χ0v) is 21.4. The highest BCUT2D eigenvalue weighted by Gasteiger charge is 2.41. The SMILES string of the molecule is CCCCC1=C(CCCC)P(=O)(c2ccccc2)c2cc(-c3ccc(N(C)C)cc3)ccc21. The summed E-state index contributed by atoms with van der Waals surface area (Å²) in [4.78, 5) is 2.11. The van der Waals surface area contributed by atoms with Crippen molar-refractivity contribution >= 4 is 29.0 Å². The molecule has 3 aromatic rings. The molecule has 1 unspecified atom stereocenters. The molecular formula is C30H36NOP. The summed E-state index contributed by atoms with van der Waals surface area (Å²) in [6.45, 7) is 4.46. The van der Waals surface area contributed by atoms with Crippen LogP contribution in [0.1, 0.15) is 57.9 Å². The van der Waals surface area contributed by atoms with Crippen molar-refractivity contribution < 1.29 is 4.57 Å². The highest BCUT2D eigenvalue weighted by molar-refractivity contribution is 7.83. The average Bonchev–Trinajstić information content (AvgIpc) is 3.09. The first-order valence-corrected chi connectivity index (χ1v) is 14.0. The fraction of sp³-hybridized carbons (Fsp3) is 0.333. The van der Waals surface area contributed by atoms with E-state index in [0.717, 1.165) is 54.7 Å². The van der Waals surface area contributed by atoms with Crippen molar-refractivity contribution in [3.05, 3.63) is 83.7 Å². The van der Waals surface area contributed by atoms with Crippen LogP contribution >= 0.6 is 7.14 Å². The van der Waals surface area contributed by atoms with Crippen LogP contribution < -0.4 is 15.5 Å². The molecule has 0 bridgehead atoms. The van der Waals surface area contributed by atoms with E-state index in [2.05, 4.69) is 87.4 Å². The molecule has 33 heavy (non-hydrogen) atoms. The van der Waals surface area contributed by atoms with E-state index in [4.69, 9.17) is 0 Å². The minimum atomic E-state index is -2.85. The first kappa shape index (κ1) is 23.6. The standard InChI is InChI=1S/C30H36NOP/c1-5-7-14-27-28-21-18-24(23-16-19-25(20-17-23)31(3)4)22-30(28)33(32,29(27)15-8-6-2)26-12-10-9-11-13-26/h9-13,16-22H,5-8,14-15H2,1-4H3. The zero-order valence-electron chi connectivity index (χ0n) is 20.5. The molecule has 1 atom stereocenters. The molecule has 0 aliphatic carbocycles. The molecule has 0 aromatic heterocycles. The summed E-state index contributed by atoms with van der Waals surface area (Å²) in [5, 5.41) is 3.23. The molecule has 0 N–H and O–H groups in total. The van der Waals surface area contributed by atoms with Gasteiger partial charge in [0.15, 0.2) is 7.14 Å². The summed E-state index contributed by atoms with van der Waals surface area (Å²) < 4.78 is 15.1. The number of fused-ring (bicyclic) bond motifs is 1. The fourth-order valence-electron chi connectivity index (χ4n) is 4.89. The molecule has 172 valence electrons. The van der Waals surface area contributed by atoms with Crippen molar-refractivity contribution in [3.63, 3.8) is 0 Å². The lowest BCUT2D eigenvalue weighted by molar-refractivity contribution is 0.589. The highest BCUT2D eigenvalue weighted by Crippen LogP contribution is 2.62. The van der Waals surface area contributed by atoms with E-state index in [1.165, 1.54) is 27.7 Å². The van der Waals surface area contributed by atoms with Crippen LogP contribution in [0.15, 0.2) is 78.1 Å². The Balaban J connectivity index is 1.88. The number of rotatable bonds is 9. The van der Waals surface area contributed by atoms with Gasteiger partial charge in [0.1, 0.15) is 0 Å². The van der Waals surface area contributed by atoms with Crippen LogP contribution in [0, 0.1) is 0 Å². The number of unbranched alkanes of at least 4 members (excludes halogenated alkanes) is 2. The lowest BCUT2D eigenvalue weighted by atomic mass is 9.96. The van der Waals surface area contributed by atoms with Gasteiger partial charge in [-0.15, -0.1) is 0 Å². The maximum atomic E-state index is 15.1. The second kappa shape index (κ2) is 10.1. The molecule has 1 aliphatic heterocycles. The Kier molecular flexibility index (Phi) is 7.25. The zero-order chi connectivity index (χ0) is 23.4. The van der Waals surface area contributed by atoms with Gasteiger partial charge >= 0.3 is 0 Å². The summed E-state index contributed by atoms with van der Waals surface area (Å²) >= 11 is 0. The molecular weight excluding hydrogens is 421 g/mol. The Labute approximate surface area is 199 Å². The molecule has 2 nitrogen and oxygen atoms in total. The Hall–Kier alpha value is -2.57. The van der Waals surface area contributed by atoms with Gasteiger partial charge in [-0.25, -0.2) is 0 Å². The van der Waals surface area contributed by atoms with Crippen LogP contribution in [0.25, 0.3) is 16.7 Å². The van der Waals surface area contributed by atoms with E-state index in [-0.39, 0.29) is 0 Å². The Morgan fingerprint density at radius 2 is 1.39 bits per heavy atom. The third-order valence-corrected chi connectivity index (χ3v) is 10.1. The van der Waals surface area contributed by atoms with Crippen molar-refractivity contribution in [3.8, 4) is 11.1 Å². The molecule has 1 heterocycles. The summed E-state index contributed by atoms with van der Waals surface area (Å²) in [6, 6.07) is 25.5. The topological polar surface area (TPSA) is 20.3 Å². The van der Waals surface area contributed by atoms with Crippen molar-refractivity contribution in [2.75, 3.05) is 19.0 Å². The average molecular weight is 458 g/mol. The first-order valence-electron chi connectivity index (χ1n) is 12.3. The Bertz CT molecular complexity index is 1180. The van der Waals surface area contributed by atoms with E-state index in [1.807, 2.05) is 18.2 Å². The van der Waals surface area contributed by atoms with E-state index < -0.39 is 7.14 Å². The molecule has 0 saturated heterocycles. The molecule has 0 radical (unpaired) electrons. The Morgan fingerprint density at radius 1 is 0.758 bits per heavy atom. The van der Waals surface area contributed by atoms with Crippen LogP contribution in [0.3, 0.4) is 0 Å². The molecule has 1 aliphatic rings. The molecule has 4 rings (SSSR count). The lowest BCUT2D eigenvalue weighted by Gasteiger charge is -2.20. The van der Waals surface area contributed by atoms with Crippen LogP contribution in [0.5, 0.6) is 0 Å². The van der Waals surface area contributed by atoms with Crippen LogP contribution in [-0.4, -0.2) is 14.1 Å². The van der Waals surface area contributed by atoms with Crippen molar-refractivity contribution in [1.29, 1.82) is 0 Å². The summed E-state index contributed by atoms with van der Waals surface area (Å²) in [7, 11) is 1.27. The van der Waals surface area contributed by atoms with Gasteiger partial charge in [-0.05, 0) is 66.1 Å². The summed E-state index contributed by atoms with van der Waals surface area (Å²) in [6.07, 6.45) is 6.39. The van der Waals surface area contributed by atoms with Crippen molar-refractivity contribution in [2.45, 2.75) is 52.4 Å². The maximum absolute atomic E-state index is 15.1. The molecule has 3 aromatic carbocycles. The van der Waals surface area contributed by atoms with Crippen molar-refractivity contribution in [2.24, 2.45) is 0 Å². The number of benzene rings is 3. The number of allylic oxidation sites excluding steroid dienone is 2. The Morgan fingerprint density at radius 3 is 2.03 bits per heavy atom. The molecule has 0 spiro atoms. The van der Waals surface area contributed by atoms with Crippen LogP contribution in [0.2, 0.25) is 0 Å². The van der Waals surface area contributed by atoms with Gasteiger partial charge in [0, 0.05) is 35.7 Å². The van der Waals surface area contributed by atoms with Gasteiger partial charge in [0.25, 0.3) is 0 Å². The number of nitrogens with zero attached hydrogens (tertiary/aromatic N) is 1. The fourth-order valence-corrected chi connectivity index (χ4v) is 8.32. The van der Waals surface area contributed by atoms with E-state index >= 15 is 4.57 Å². The third-order valence-electron chi connectivity index (χ3n) is 6.77. The minimum Gasteiger partial charge on any atom is -0.378 e. The summed E-state index contributed by atoms with van der Waals surface area (Å²) in [5.41, 5.74) is 6.06. The largest absolute Gasteiger partial charge is 0.378 e. The predicted octanol–water partition coefficient (Wildman–Crippen LogP) is 7.84. The molecule has 0 fully saturated rings. The number of anilines is 1. The molecule has 0 saturated carbocycles. The van der Waals surface area contributed by atoms with E-state index in [1.54, 1.807) is 0 Å². The number of hydrogen-bond acceptors (Lipinski definition) is 2. The first-order chi connectivity index (χ1) is 16.0. The monoisotopic (exact) mass is 457 g/mol. The third kappa shape index (κ3) is 4.46. The smallest absolute Gasteiger partial charge is 0.168 e. The lowest BCUT2D eigenvalue weighted by Crippen LogP contribution is -2.16. The minimum absolute atomic E-state index is 0.920.